The van der Waals surface area contributed by atoms with Crippen LogP contribution in [0, 0.1) is 13.8 Å². The highest BCUT2D eigenvalue weighted by molar-refractivity contribution is 9.11. The summed E-state index contributed by atoms with van der Waals surface area (Å²) in [5, 5.41) is 8.92. The number of furan rings is 1. The summed E-state index contributed by atoms with van der Waals surface area (Å²) in [6.07, 6.45) is 0. The van der Waals surface area contributed by atoms with Crippen molar-refractivity contribution in [1.82, 2.24) is 4.72 Å². The highest BCUT2D eigenvalue weighted by Gasteiger charge is 2.21. The number of hydrogen-bond donors (Lipinski definition) is 2. The van der Waals surface area contributed by atoms with Crippen LogP contribution in [0.5, 0.6) is 0 Å². The van der Waals surface area contributed by atoms with E-state index in [4.69, 9.17) is 9.52 Å². The summed E-state index contributed by atoms with van der Waals surface area (Å²) in [5.74, 6) is -0.616. The minimum atomic E-state index is -3.67. The van der Waals surface area contributed by atoms with Crippen molar-refractivity contribution in [3.63, 3.8) is 0 Å². The lowest BCUT2D eigenvalue weighted by Gasteiger charge is -2.04. The molecule has 0 fully saturated rings. The maximum absolute atomic E-state index is 12.2. The summed E-state index contributed by atoms with van der Waals surface area (Å²) in [6.45, 7) is 3.12. The highest BCUT2D eigenvalue weighted by atomic mass is 79.9. The van der Waals surface area contributed by atoms with Crippen molar-refractivity contribution in [1.29, 1.82) is 0 Å². The molecule has 0 atom stereocenters. The first-order chi connectivity index (χ1) is 9.70. The number of halogens is 1. The van der Waals surface area contributed by atoms with E-state index in [0.29, 0.717) is 4.88 Å². The summed E-state index contributed by atoms with van der Waals surface area (Å²) in [6, 6.07) is 2.84. The van der Waals surface area contributed by atoms with Gasteiger partial charge in [0.15, 0.2) is 0 Å². The standard InChI is InChI=1S/C12H12BrNO5S2/c1-6-9(12(15)16)3-8(19-6)5-14-21(17,18)10-4-11(13)20-7(10)2/h3-4,14H,5H2,1-2H3,(H,15,16). The molecule has 2 aromatic rings. The topological polar surface area (TPSA) is 96.6 Å². The second kappa shape index (κ2) is 5.91. The molecular weight excluding hydrogens is 382 g/mol. The number of carboxylic acid groups (broad SMARTS) is 1. The Balaban J connectivity index is 2.17. The van der Waals surface area contributed by atoms with Crippen LogP contribution in [0.3, 0.4) is 0 Å². The molecule has 0 amide bonds. The van der Waals surface area contributed by atoms with Crippen molar-refractivity contribution in [3.05, 3.63) is 37.9 Å². The molecule has 0 bridgehead atoms. The van der Waals surface area contributed by atoms with E-state index >= 15 is 0 Å². The Bertz CT molecular complexity index is 791. The molecule has 21 heavy (non-hydrogen) atoms. The lowest BCUT2D eigenvalue weighted by atomic mass is 10.2. The number of carboxylic acids is 1. The molecule has 2 aromatic heterocycles. The first-order valence-electron chi connectivity index (χ1n) is 5.79. The van der Waals surface area contributed by atoms with E-state index in [1.807, 2.05) is 0 Å². The molecule has 2 rings (SSSR count). The average molecular weight is 394 g/mol. The zero-order valence-electron chi connectivity index (χ0n) is 11.1. The Labute approximate surface area is 134 Å². The minimum absolute atomic E-state index is 0.0265. The van der Waals surface area contributed by atoms with Gasteiger partial charge in [-0.2, -0.15) is 0 Å². The van der Waals surface area contributed by atoms with E-state index in [0.717, 1.165) is 3.79 Å². The van der Waals surface area contributed by atoms with Crippen LogP contribution in [0.4, 0.5) is 0 Å². The van der Waals surface area contributed by atoms with Crippen molar-refractivity contribution in [3.8, 4) is 0 Å². The van der Waals surface area contributed by atoms with Gasteiger partial charge in [0.2, 0.25) is 10.0 Å². The van der Waals surface area contributed by atoms with E-state index in [2.05, 4.69) is 20.7 Å². The van der Waals surface area contributed by atoms with E-state index in [-0.39, 0.29) is 28.5 Å². The average Bonchev–Trinajstić information content (AvgIpc) is 2.90. The number of sulfonamides is 1. The Morgan fingerprint density at radius 2 is 2.10 bits per heavy atom. The van der Waals surface area contributed by atoms with Crippen molar-refractivity contribution >= 4 is 43.3 Å². The van der Waals surface area contributed by atoms with Gasteiger partial charge in [-0.05, 0) is 41.9 Å². The van der Waals surface area contributed by atoms with Gasteiger partial charge in [0, 0.05) is 4.88 Å². The Morgan fingerprint density at radius 1 is 1.43 bits per heavy atom. The van der Waals surface area contributed by atoms with E-state index in [1.165, 1.54) is 30.4 Å². The molecule has 2 N–H and O–H groups in total. The monoisotopic (exact) mass is 393 g/mol. The predicted molar refractivity (Wildman–Crippen MR) is 81.2 cm³/mol. The normalized spacial score (nSPS) is 11.8. The van der Waals surface area contributed by atoms with Crippen LogP contribution in [-0.4, -0.2) is 19.5 Å². The number of aromatic carboxylic acids is 1. The van der Waals surface area contributed by atoms with Gasteiger partial charge in [0.1, 0.15) is 17.1 Å². The molecule has 0 spiro atoms. The number of nitrogens with one attached hydrogen (secondary N) is 1. The number of thiophene rings is 1. The van der Waals surface area contributed by atoms with Gasteiger partial charge < -0.3 is 9.52 Å². The second-order valence-electron chi connectivity index (χ2n) is 4.28. The summed E-state index contributed by atoms with van der Waals surface area (Å²) in [7, 11) is -3.67. The number of rotatable bonds is 5. The molecule has 9 heteroatoms. The Hall–Kier alpha value is -1.16. The van der Waals surface area contributed by atoms with Crippen LogP contribution >= 0.6 is 27.3 Å². The number of carbonyl (C=O) groups is 1. The summed E-state index contributed by atoms with van der Waals surface area (Å²) in [5.41, 5.74) is 0.0265. The fourth-order valence-electron chi connectivity index (χ4n) is 1.78. The molecule has 0 aliphatic heterocycles. The van der Waals surface area contributed by atoms with E-state index in [1.54, 1.807) is 6.92 Å². The number of hydrogen-bond acceptors (Lipinski definition) is 5. The van der Waals surface area contributed by atoms with Crippen LogP contribution in [0.15, 0.2) is 25.2 Å². The van der Waals surface area contributed by atoms with E-state index in [9.17, 15) is 13.2 Å². The fraction of sp³-hybridized carbons (Fsp3) is 0.250. The van der Waals surface area contributed by atoms with Crippen LogP contribution in [-0.2, 0) is 16.6 Å². The van der Waals surface area contributed by atoms with Gasteiger partial charge in [0.25, 0.3) is 0 Å². The van der Waals surface area contributed by atoms with Gasteiger partial charge >= 0.3 is 5.97 Å². The highest BCUT2D eigenvalue weighted by Crippen LogP contribution is 2.29. The summed E-state index contributed by atoms with van der Waals surface area (Å²) < 4.78 is 32.7. The second-order valence-corrected chi connectivity index (χ2v) is 8.65. The molecule has 0 aliphatic rings. The van der Waals surface area contributed by atoms with Gasteiger partial charge in [-0.15, -0.1) is 11.3 Å². The molecule has 0 radical (unpaired) electrons. The number of aryl methyl sites for hydroxylation is 2. The lowest BCUT2D eigenvalue weighted by Crippen LogP contribution is -2.23. The largest absolute Gasteiger partial charge is 0.478 e. The van der Waals surface area contributed by atoms with Gasteiger partial charge in [-0.25, -0.2) is 17.9 Å². The summed E-state index contributed by atoms with van der Waals surface area (Å²) in [4.78, 5) is 11.8. The molecule has 0 aromatic carbocycles. The smallest absolute Gasteiger partial charge is 0.339 e. The Kier molecular flexibility index (Phi) is 4.57. The Morgan fingerprint density at radius 3 is 2.57 bits per heavy atom. The maximum Gasteiger partial charge on any atom is 0.339 e. The first kappa shape index (κ1) is 16.2. The third-order valence-corrected chi connectivity index (χ3v) is 5.98. The van der Waals surface area contributed by atoms with Crippen LogP contribution in [0.2, 0.25) is 0 Å². The van der Waals surface area contributed by atoms with Crippen molar-refractivity contribution in [2.45, 2.75) is 25.3 Å². The zero-order valence-corrected chi connectivity index (χ0v) is 14.4. The van der Waals surface area contributed by atoms with Crippen molar-refractivity contribution < 1.29 is 22.7 Å². The van der Waals surface area contributed by atoms with Crippen LogP contribution < -0.4 is 4.72 Å². The quantitative estimate of drug-likeness (QED) is 0.813. The van der Waals surface area contributed by atoms with Gasteiger partial charge in [0.05, 0.1) is 15.2 Å². The van der Waals surface area contributed by atoms with Crippen LogP contribution in [0.25, 0.3) is 0 Å². The molecule has 0 aliphatic carbocycles. The molecule has 114 valence electrons. The third kappa shape index (κ3) is 3.54. The molecule has 0 saturated carbocycles. The molecular formula is C12H12BrNO5S2. The molecule has 0 saturated heterocycles. The van der Waals surface area contributed by atoms with Gasteiger partial charge in [-0.1, -0.05) is 0 Å². The van der Waals surface area contributed by atoms with Crippen molar-refractivity contribution in [2.75, 3.05) is 0 Å². The molecule has 6 nitrogen and oxygen atoms in total. The molecule has 0 unspecified atom stereocenters. The van der Waals surface area contributed by atoms with Crippen LogP contribution in [0.1, 0.15) is 26.8 Å². The van der Waals surface area contributed by atoms with E-state index < -0.39 is 16.0 Å². The van der Waals surface area contributed by atoms with Crippen molar-refractivity contribution in [2.24, 2.45) is 0 Å². The maximum atomic E-state index is 12.2. The minimum Gasteiger partial charge on any atom is -0.478 e. The summed E-state index contributed by atoms with van der Waals surface area (Å²) >= 11 is 4.57. The molecule has 2 heterocycles. The van der Waals surface area contributed by atoms with Gasteiger partial charge in [-0.3, -0.25) is 0 Å². The zero-order chi connectivity index (χ0) is 15.8. The lowest BCUT2D eigenvalue weighted by molar-refractivity contribution is 0.0695. The fourth-order valence-corrected chi connectivity index (χ4v) is 5.19. The first-order valence-corrected chi connectivity index (χ1v) is 8.88. The third-order valence-electron chi connectivity index (χ3n) is 2.77. The predicted octanol–water partition coefficient (Wildman–Crippen LogP) is 2.90. The SMILES string of the molecule is Cc1oc(CNS(=O)(=O)c2cc(Br)sc2C)cc1C(=O)O.